The van der Waals surface area contributed by atoms with Crippen LogP contribution in [0, 0.1) is 0 Å². The number of halogens is 1. The summed E-state index contributed by atoms with van der Waals surface area (Å²) in [6, 6.07) is 14.6. The van der Waals surface area contributed by atoms with E-state index in [0.717, 1.165) is 10.0 Å². The minimum atomic E-state index is -0.669. The second-order valence-electron chi connectivity index (χ2n) is 5.44. The first-order chi connectivity index (χ1) is 12.0. The van der Waals surface area contributed by atoms with Crippen LogP contribution in [0.1, 0.15) is 24.4 Å². The molecule has 0 saturated carbocycles. The van der Waals surface area contributed by atoms with E-state index in [1.54, 1.807) is 37.3 Å². The number of carbonyl (C=O) groups is 1. The lowest BCUT2D eigenvalue weighted by Crippen LogP contribution is -2.16. The van der Waals surface area contributed by atoms with Crippen molar-refractivity contribution in [1.29, 1.82) is 0 Å². The van der Waals surface area contributed by atoms with Crippen LogP contribution in [-0.2, 0) is 9.53 Å². The topological polar surface area (TPSA) is 72.0 Å². The lowest BCUT2D eigenvalue weighted by molar-refractivity contribution is -0.142. The van der Waals surface area contributed by atoms with Crippen LogP contribution in [0.3, 0.4) is 0 Å². The van der Waals surface area contributed by atoms with Crippen LogP contribution in [0.5, 0.6) is 0 Å². The number of aromatic amines is 1. The first-order valence-corrected chi connectivity index (χ1v) is 8.45. The lowest BCUT2D eigenvalue weighted by Gasteiger charge is -2.11. The van der Waals surface area contributed by atoms with Crippen molar-refractivity contribution < 1.29 is 9.53 Å². The first-order valence-electron chi connectivity index (χ1n) is 7.66. The number of hydrogen-bond donors (Lipinski definition) is 1. The summed E-state index contributed by atoms with van der Waals surface area (Å²) in [5, 5.41) is 0.499. The molecule has 3 aromatic rings. The van der Waals surface area contributed by atoms with Crippen LogP contribution in [0.15, 0.2) is 63.9 Å². The molecule has 6 heteroatoms. The Balaban J connectivity index is 1.74. The number of hydrogen-bond acceptors (Lipinski definition) is 4. The molecule has 0 aliphatic carbocycles. The molecule has 0 bridgehead atoms. The number of ether oxygens (including phenoxy) is 1. The largest absolute Gasteiger partial charge is 0.451 e. The molecule has 0 fully saturated rings. The van der Waals surface area contributed by atoms with Gasteiger partial charge in [-0.2, -0.15) is 0 Å². The normalized spacial score (nSPS) is 12.4. The minimum Gasteiger partial charge on any atom is -0.451 e. The molecule has 1 atom stereocenters. The molecule has 3 rings (SSSR count). The lowest BCUT2D eigenvalue weighted by atomic mass is 10.2. The molecule has 0 aliphatic heterocycles. The van der Waals surface area contributed by atoms with E-state index in [0.29, 0.717) is 16.7 Å². The Kier molecular flexibility index (Phi) is 5.09. The van der Waals surface area contributed by atoms with Crippen LogP contribution in [0.2, 0.25) is 0 Å². The van der Waals surface area contributed by atoms with Crippen LogP contribution in [0.25, 0.3) is 17.0 Å². The van der Waals surface area contributed by atoms with Crippen LogP contribution in [0.4, 0.5) is 0 Å². The third-order valence-electron chi connectivity index (χ3n) is 3.57. The average molecular weight is 399 g/mol. The molecule has 126 valence electrons. The van der Waals surface area contributed by atoms with Gasteiger partial charge in [0.05, 0.1) is 10.9 Å². The van der Waals surface area contributed by atoms with Crippen molar-refractivity contribution in [2.75, 3.05) is 0 Å². The van der Waals surface area contributed by atoms with E-state index in [-0.39, 0.29) is 5.56 Å². The highest BCUT2D eigenvalue weighted by atomic mass is 79.9. The Morgan fingerprint density at radius 2 is 2.04 bits per heavy atom. The summed E-state index contributed by atoms with van der Waals surface area (Å²) in [5.41, 5.74) is 1.18. The van der Waals surface area contributed by atoms with Crippen LogP contribution in [-0.4, -0.2) is 15.9 Å². The Labute approximate surface area is 152 Å². The summed E-state index contributed by atoms with van der Waals surface area (Å²) in [6.07, 6.45) is 2.34. The molecule has 1 aromatic heterocycles. The van der Waals surface area contributed by atoms with Crippen molar-refractivity contribution in [1.82, 2.24) is 9.97 Å². The molecule has 0 radical (unpaired) electrons. The molecule has 0 spiro atoms. The van der Waals surface area contributed by atoms with Gasteiger partial charge in [0.25, 0.3) is 5.56 Å². The van der Waals surface area contributed by atoms with E-state index in [4.69, 9.17) is 4.74 Å². The van der Waals surface area contributed by atoms with Gasteiger partial charge in [0.1, 0.15) is 0 Å². The summed E-state index contributed by atoms with van der Waals surface area (Å²) in [6.45, 7) is 1.66. The predicted molar refractivity (Wildman–Crippen MR) is 100 cm³/mol. The molecule has 0 saturated heterocycles. The van der Waals surface area contributed by atoms with Crippen molar-refractivity contribution in [3.05, 3.63) is 80.8 Å². The van der Waals surface area contributed by atoms with Gasteiger partial charge in [-0.1, -0.05) is 40.2 Å². The number of carbonyl (C=O) groups excluding carboxylic acids is 1. The van der Waals surface area contributed by atoms with Gasteiger partial charge in [-0.05, 0) is 42.8 Å². The van der Waals surface area contributed by atoms with Gasteiger partial charge in [-0.15, -0.1) is 0 Å². The Bertz CT molecular complexity index is 1010. The van der Waals surface area contributed by atoms with Crippen LogP contribution >= 0.6 is 15.9 Å². The number of nitrogens with zero attached hydrogens (tertiary/aromatic N) is 1. The number of benzene rings is 2. The van der Waals surface area contributed by atoms with Gasteiger partial charge in [-0.25, -0.2) is 9.78 Å². The van der Waals surface area contributed by atoms with Gasteiger partial charge < -0.3 is 9.72 Å². The molecule has 0 aliphatic rings. The van der Waals surface area contributed by atoms with E-state index in [2.05, 4.69) is 25.9 Å². The molecule has 0 unspecified atom stereocenters. The number of rotatable bonds is 4. The van der Waals surface area contributed by atoms with E-state index in [1.165, 1.54) is 6.08 Å². The van der Waals surface area contributed by atoms with Crippen LogP contribution < -0.4 is 5.56 Å². The van der Waals surface area contributed by atoms with Gasteiger partial charge in [0, 0.05) is 10.5 Å². The molecule has 5 nitrogen and oxygen atoms in total. The molecule has 1 heterocycles. The highest BCUT2D eigenvalue weighted by molar-refractivity contribution is 9.10. The van der Waals surface area contributed by atoms with E-state index >= 15 is 0 Å². The molecular weight excluding hydrogens is 384 g/mol. The van der Waals surface area contributed by atoms with Gasteiger partial charge >= 0.3 is 5.97 Å². The quantitative estimate of drug-likeness (QED) is 0.532. The summed E-state index contributed by atoms with van der Waals surface area (Å²) in [4.78, 5) is 31.1. The Morgan fingerprint density at radius 3 is 2.84 bits per heavy atom. The number of H-pyrrole nitrogens is 1. The molecule has 2 aromatic carbocycles. The summed E-state index contributed by atoms with van der Waals surface area (Å²) in [7, 11) is 0. The van der Waals surface area contributed by atoms with Gasteiger partial charge in [0.15, 0.2) is 11.9 Å². The fourth-order valence-electron chi connectivity index (χ4n) is 2.34. The zero-order chi connectivity index (χ0) is 17.8. The van der Waals surface area contributed by atoms with Crippen molar-refractivity contribution in [2.24, 2.45) is 0 Å². The van der Waals surface area contributed by atoms with E-state index in [1.807, 2.05) is 24.3 Å². The second kappa shape index (κ2) is 7.44. The highest BCUT2D eigenvalue weighted by Gasteiger charge is 2.14. The fraction of sp³-hybridized carbons (Fsp3) is 0.105. The SMILES string of the molecule is C[C@H](OC(=O)/C=C/c1cccc(Br)c1)c1nc2ccccc2c(=O)[nH]1. The fourth-order valence-corrected chi connectivity index (χ4v) is 2.76. The maximum Gasteiger partial charge on any atom is 0.331 e. The maximum atomic E-state index is 12.1. The molecular formula is C19H15BrN2O3. The molecule has 0 amide bonds. The minimum absolute atomic E-state index is 0.256. The summed E-state index contributed by atoms with van der Waals surface area (Å²) in [5.74, 6) is -0.198. The summed E-state index contributed by atoms with van der Waals surface area (Å²) < 4.78 is 6.25. The van der Waals surface area contributed by atoms with E-state index in [9.17, 15) is 9.59 Å². The van der Waals surface area contributed by atoms with Crippen molar-refractivity contribution in [3.63, 3.8) is 0 Å². The number of aromatic nitrogens is 2. The Hall–Kier alpha value is -2.73. The van der Waals surface area contributed by atoms with Crippen molar-refractivity contribution in [2.45, 2.75) is 13.0 Å². The van der Waals surface area contributed by atoms with E-state index < -0.39 is 12.1 Å². The monoisotopic (exact) mass is 398 g/mol. The maximum absolute atomic E-state index is 12.1. The summed E-state index contributed by atoms with van der Waals surface area (Å²) >= 11 is 3.37. The molecule has 1 N–H and O–H groups in total. The third kappa shape index (κ3) is 4.22. The van der Waals surface area contributed by atoms with Crippen molar-refractivity contribution in [3.8, 4) is 0 Å². The van der Waals surface area contributed by atoms with Gasteiger partial charge in [-0.3, -0.25) is 4.79 Å². The molecule has 25 heavy (non-hydrogen) atoms. The second-order valence-corrected chi connectivity index (χ2v) is 6.35. The van der Waals surface area contributed by atoms with Gasteiger partial charge in [0.2, 0.25) is 0 Å². The number of esters is 1. The number of nitrogens with one attached hydrogen (secondary N) is 1. The highest BCUT2D eigenvalue weighted by Crippen LogP contribution is 2.16. The number of fused-ring (bicyclic) bond motifs is 1. The smallest absolute Gasteiger partial charge is 0.331 e. The Morgan fingerprint density at radius 1 is 1.24 bits per heavy atom. The predicted octanol–water partition coefficient (Wildman–Crippen LogP) is 4.00. The zero-order valence-electron chi connectivity index (χ0n) is 13.4. The first kappa shape index (κ1) is 17.1. The van der Waals surface area contributed by atoms with Crippen molar-refractivity contribution >= 4 is 38.9 Å². The standard InChI is InChI=1S/C19H15BrN2O3/c1-12(18-21-16-8-3-2-7-15(16)19(24)22-18)25-17(23)10-9-13-5-4-6-14(20)11-13/h2-12H,1H3,(H,21,22,24)/b10-9+/t12-/m0/s1. The average Bonchev–Trinajstić information content (AvgIpc) is 2.60. The third-order valence-corrected chi connectivity index (χ3v) is 4.06. The zero-order valence-corrected chi connectivity index (χ0v) is 15.0. The number of para-hydroxylation sites is 1.